The van der Waals surface area contributed by atoms with Crippen molar-refractivity contribution in [3.05, 3.63) is 48.3 Å². The summed E-state index contributed by atoms with van der Waals surface area (Å²) in [5.41, 5.74) is 2.61. The van der Waals surface area contributed by atoms with Crippen molar-refractivity contribution in [3.8, 4) is 17.1 Å². The van der Waals surface area contributed by atoms with E-state index in [0.717, 1.165) is 60.4 Å². The highest BCUT2D eigenvalue weighted by atomic mass is 16.5. The first-order valence-corrected chi connectivity index (χ1v) is 8.73. The van der Waals surface area contributed by atoms with E-state index in [9.17, 15) is 0 Å². The van der Waals surface area contributed by atoms with Gasteiger partial charge in [0.2, 0.25) is 0 Å². The van der Waals surface area contributed by atoms with E-state index in [2.05, 4.69) is 25.5 Å². The van der Waals surface area contributed by atoms with Gasteiger partial charge in [-0.2, -0.15) is 5.10 Å². The zero-order chi connectivity index (χ0) is 17.8. The average Bonchev–Trinajstić information content (AvgIpc) is 3.14. The molecule has 3 aromatic heterocycles. The monoisotopic (exact) mass is 351 g/mol. The van der Waals surface area contributed by atoms with Crippen molar-refractivity contribution in [1.29, 1.82) is 0 Å². The number of ether oxygens (including phenoxy) is 2. The topological polar surface area (TPSA) is 85.0 Å². The summed E-state index contributed by atoms with van der Waals surface area (Å²) in [6.07, 6.45) is 5.55. The smallest absolute Gasteiger partial charge is 0.138 e. The minimum absolute atomic E-state index is 0.208. The van der Waals surface area contributed by atoms with Gasteiger partial charge < -0.3 is 14.8 Å². The lowest BCUT2D eigenvalue weighted by Gasteiger charge is -2.23. The van der Waals surface area contributed by atoms with Crippen LogP contribution in [0.25, 0.3) is 11.4 Å². The Bertz CT molecular complexity index is 856. The van der Waals surface area contributed by atoms with Crippen molar-refractivity contribution in [2.45, 2.75) is 25.9 Å². The molecule has 2 N–H and O–H groups in total. The van der Waals surface area contributed by atoms with E-state index in [1.807, 2.05) is 37.3 Å². The standard InChI is InChI=1S/C19H21N5O2/c1-13-3-2-8-20-19(13)22-18-11-17(23-24-18)16-5-4-15(12-21-16)26-14-6-9-25-10-7-14/h2-5,8,11-12,14H,6-7,9-10H2,1H3,(H2,20,22,23,24). The molecular weight excluding hydrogens is 330 g/mol. The molecular formula is C19H21N5O2. The lowest BCUT2D eigenvalue weighted by atomic mass is 10.1. The van der Waals surface area contributed by atoms with Crippen LogP contribution in [0.5, 0.6) is 5.75 Å². The zero-order valence-corrected chi connectivity index (χ0v) is 14.6. The molecule has 0 aliphatic carbocycles. The number of hydrogen-bond acceptors (Lipinski definition) is 6. The molecule has 134 valence electrons. The Morgan fingerprint density at radius 3 is 2.81 bits per heavy atom. The van der Waals surface area contributed by atoms with Gasteiger partial charge in [-0.15, -0.1) is 0 Å². The third kappa shape index (κ3) is 3.83. The summed E-state index contributed by atoms with van der Waals surface area (Å²) in [5, 5.41) is 10.5. The van der Waals surface area contributed by atoms with Gasteiger partial charge in [-0.05, 0) is 30.7 Å². The van der Waals surface area contributed by atoms with Gasteiger partial charge in [0.15, 0.2) is 0 Å². The summed E-state index contributed by atoms with van der Waals surface area (Å²) in [6.45, 7) is 3.52. The fraction of sp³-hybridized carbons (Fsp3) is 0.316. The largest absolute Gasteiger partial charge is 0.489 e. The fourth-order valence-electron chi connectivity index (χ4n) is 2.85. The number of nitrogens with one attached hydrogen (secondary N) is 2. The average molecular weight is 351 g/mol. The highest BCUT2D eigenvalue weighted by Crippen LogP contribution is 2.23. The highest BCUT2D eigenvalue weighted by Gasteiger charge is 2.15. The Morgan fingerprint density at radius 1 is 1.15 bits per heavy atom. The molecule has 0 amide bonds. The van der Waals surface area contributed by atoms with E-state index < -0.39 is 0 Å². The van der Waals surface area contributed by atoms with E-state index in [1.165, 1.54) is 0 Å². The van der Waals surface area contributed by atoms with Gasteiger partial charge in [-0.25, -0.2) is 4.98 Å². The van der Waals surface area contributed by atoms with Crippen molar-refractivity contribution in [2.75, 3.05) is 18.5 Å². The Balaban J connectivity index is 1.43. The second-order valence-electron chi connectivity index (χ2n) is 6.27. The molecule has 0 unspecified atom stereocenters. The predicted octanol–water partition coefficient (Wildman–Crippen LogP) is 3.48. The molecule has 7 heteroatoms. The summed E-state index contributed by atoms with van der Waals surface area (Å²) in [6, 6.07) is 9.68. The van der Waals surface area contributed by atoms with Crippen LogP contribution >= 0.6 is 0 Å². The molecule has 1 fully saturated rings. The maximum Gasteiger partial charge on any atom is 0.138 e. The number of aryl methyl sites for hydroxylation is 1. The third-order valence-corrected chi connectivity index (χ3v) is 4.31. The van der Waals surface area contributed by atoms with E-state index in [1.54, 1.807) is 12.4 Å². The fourth-order valence-corrected chi connectivity index (χ4v) is 2.85. The Hall–Kier alpha value is -2.93. The normalized spacial score (nSPS) is 15.0. The van der Waals surface area contributed by atoms with Gasteiger partial charge in [0, 0.05) is 25.1 Å². The molecule has 1 aliphatic rings. The number of anilines is 2. The number of pyridine rings is 2. The van der Waals surface area contributed by atoms with Crippen LogP contribution in [0.15, 0.2) is 42.7 Å². The van der Waals surface area contributed by atoms with E-state index in [4.69, 9.17) is 9.47 Å². The lowest BCUT2D eigenvalue weighted by Crippen LogP contribution is -2.25. The van der Waals surface area contributed by atoms with Gasteiger partial charge in [0.25, 0.3) is 0 Å². The Kier molecular flexibility index (Phi) is 4.79. The molecule has 0 atom stereocenters. The maximum absolute atomic E-state index is 5.95. The zero-order valence-electron chi connectivity index (χ0n) is 14.6. The summed E-state index contributed by atoms with van der Waals surface area (Å²) in [5.74, 6) is 2.35. The summed E-state index contributed by atoms with van der Waals surface area (Å²) in [7, 11) is 0. The number of rotatable bonds is 5. The van der Waals surface area contributed by atoms with Gasteiger partial charge in [-0.3, -0.25) is 10.1 Å². The molecule has 3 aromatic rings. The number of nitrogens with zero attached hydrogens (tertiary/aromatic N) is 3. The van der Waals surface area contributed by atoms with Crippen molar-refractivity contribution in [2.24, 2.45) is 0 Å². The number of aromatic nitrogens is 4. The van der Waals surface area contributed by atoms with Gasteiger partial charge in [0.05, 0.1) is 25.1 Å². The van der Waals surface area contributed by atoms with Gasteiger partial charge in [-0.1, -0.05) is 6.07 Å². The van der Waals surface area contributed by atoms with Crippen molar-refractivity contribution >= 4 is 11.6 Å². The first-order valence-electron chi connectivity index (χ1n) is 8.73. The van der Waals surface area contributed by atoms with Gasteiger partial charge in [0.1, 0.15) is 29.2 Å². The first kappa shape index (κ1) is 16.5. The molecule has 4 rings (SSSR count). The van der Waals surface area contributed by atoms with Crippen molar-refractivity contribution < 1.29 is 9.47 Å². The van der Waals surface area contributed by atoms with Crippen LogP contribution in [0.3, 0.4) is 0 Å². The van der Waals surface area contributed by atoms with Crippen LogP contribution in [-0.4, -0.2) is 39.5 Å². The van der Waals surface area contributed by atoms with Crippen LogP contribution in [0.2, 0.25) is 0 Å². The second kappa shape index (κ2) is 7.53. The molecule has 0 bridgehead atoms. The summed E-state index contributed by atoms with van der Waals surface area (Å²) < 4.78 is 11.3. The van der Waals surface area contributed by atoms with Crippen molar-refractivity contribution in [1.82, 2.24) is 20.2 Å². The minimum Gasteiger partial charge on any atom is -0.489 e. The SMILES string of the molecule is Cc1cccnc1Nc1cc(-c2ccc(OC3CCOCC3)cn2)n[nH]1. The molecule has 0 spiro atoms. The predicted molar refractivity (Wildman–Crippen MR) is 98.5 cm³/mol. The molecule has 0 saturated carbocycles. The van der Waals surface area contributed by atoms with Crippen LogP contribution in [0.4, 0.5) is 11.6 Å². The molecule has 4 heterocycles. The van der Waals surface area contributed by atoms with E-state index in [0.29, 0.717) is 0 Å². The Morgan fingerprint density at radius 2 is 2.04 bits per heavy atom. The summed E-state index contributed by atoms with van der Waals surface area (Å²) >= 11 is 0. The molecule has 0 aromatic carbocycles. The van der Waals surface area contributed by atoms with E-state index in [-0.39, 0.29) is 6.10 Å². The lowest BCUT2D eigenvalue weighted by molar-refractivity contribution is 0.0254. The number of H-pyrrole nitrogens is 1. The molecule has 26 heavy (non-hydrogen) atoms. The quantitative estimate of drug-likeness (QED) is 0.732. The molecule has 0 radical (unpaired) electrons. The molecule has 1 saturated heterocycles. The summed E-state index contributed by atoms with van der Waals surface area (Å²) in [4.78, 5) is 8.79. The van der Waals surface area contributed by atoms with Gasteiger partial charge >= 0.3 is 0 Å². The maximum atomic E-state index is 5.95. The molecule has 1 aliphatic heterocycles. The van der Waals surface area contributed by atoms with Crippen LogP contribution in [-0.2, 0) is 4.74 Å². The first-order chi connectivity index (χ1) is 12.8. The second-order valence-corrected chi connectivity index (χ2v) is 6.27. The van der Waals surface area contributed by atoms with Crippen molar-refractivity contribution in [3.63, 3.8) is 0 Å². The highest BCUT2D eigenvalue weighted by molar-refractivity contribution is 5.63. The molecule has 7 nitrogen and oxygen atoms in total. The third-order valence-electron chi connectivity index (χ3n) is 4.31. The Labute approximate surface area is 151 Å². The number of hydrogen-bond donors (Lipinski definition) is 2. The minimum atomic E-state index is 0.208. The van der Waals surface area contributed by atoms with Crippen LogP contribution in [0, 0.1) is 6.92 Å². The van der Waals surface area contributed by atoms with Crippen LogP contribution in [0.1, 0.15) is 18.4 Å². The number of aromatic amines is 1. The van der Waals surface area contributed by atoms with E-state index >= 15 is 0 Å². The van der Waals surface area contributed by atoms with Crippen LogP contribution < -0.4 is 10.1 Å².